The van der Waals surface area contributed by atoms with Crippen molar-refractivity contribution in [2.24, 2.45) is 0 Å². The summed E-state index contributed by atoms with van der Waals surface area (Å²) in [5.74, 6) is -0.202. The summed E-state index contributed by atoms with van der Waals surface area (Å²) in [6.45, 7) is 3.79. The molecule has 0 spiro atoms. The highest BCUT2D eigenvalue weighted by Crippen LogP contribution is 2.30. The molecule has 1 aromatic carbocycles. The summed E-state index contributed by atoms with van der Waals surface area (Å²) in [4.78, 5) is 25.9. The molecule has 0 saturated heterocycles. The fourth-order valence-electron chi connectivity index (χ4n) is 1.98. The monoisotopic (exact) mass is 352 g/mol. The summed E-state index contributed by atoms with van der Waals surface area (Å²) in [5.41, 5.74) is -0.965. The third-order valence-electron chi connectivity index (χ3n) is 3.28. The number of H-pyrrole nitrogens is 1. The van der Waals surface area contributed by atoms with Gasteiger partial charge in [-0.1, -0.05) is 18.2 Å². The van der Waals surface area contributed by atoms with E-state index in [1.807, 2.05) is 0 Å². The summed E-state index contributed by atoms with van der Waals surface area (Å²) in [5, 5.41) is 10.1. The predicted octanol–water partition coefficient (Wildman–Crippen LogP) is 2.09. The number of benzene rings is 1. The number of amides is 1. The number of alkyl halides is 3. The Bertz CT molecular complexity index is 813. The van der Waals surface area contributed by atoms with Crippen LogP contribution in [0.3, 0.4) is 0 Å². The number of carbonyl (C=O) groups excluding carboxylic acids is 1. The average molecular weight is 352 g/mol. The third kappa shape index (κ3) is 5.00. The van der Waals surface area contributed by atoms with Crippen molar-refractivity contribution in [3.63, 3.8) is 0 Å². The Hall–Kier alpha value is -2.97. The van der Waals surface area contributed by atoms with Gasteiger partial charge in [0, 0.05) is 24.9 Å². The number of nitrogens with one attached hydrogen (secondary N) is 2. The number of nitrogens with zero attached hydrogens (tertiary/aromatic N) is 2. The Morgan fingerprint density at radius 3 is 2.48 bits per heavy atom. The van der Waals surface area contributed by atoms with Crippen LogP contribution in [-0.4, -0.2) is 27.6 Å². The number of aryl methyl sites for hydroxylation is 1. The van der Waals surface area contributed by atoms with Crippen molar-refractivity contribution in [3.05, 3.63) is 58.5 Å². The van der Waals surface area contributed by atoms with E-state index < -0.39 is 17.3 Å². The van der Waals surface area contributed by atoms with Gasteiger partial charge in [0.15, 0.2) is 5.82 Å². The van der Waals surface area contributed by atoms with E-state index >= 15 is 0 Å². The van der Waals surface area contributed by atoms with Gasteiger partial charge < -0.3 is 10.3 Å². The maximum absolute atomic E-state index is 12.5. The molecular weight excluding hydrogens is 337 g/mol. The minimum atomic E-state index is -4.44. The van der Waals surface area contributed by atoms with Gasteiger partial charge in [-0.15, -0.1) is 16.8 Å². The minimum Gasteiger partial charge on any atom is -0.353 e. The molecule has 9 heteroatoms. The fraction of sp³-hybridized carbons (Fsp3) is 0.250. The van der Waals surface area contributed by atoms with Gasteiger partial charge in [0.05, 0.1) is 5.56 Å². The van der Waals surface area contributed by atoms with Crippen LogP contribution in [0.4, 0.5) is 13.2 Å². The molecule has 0 aliphatic heterocycles. The molecule has 2 N–H and O–H groups in total. The van der Waals surface area contributed by atoms with Crippen LogP contribution in [0.5, 0.6) is 0 Å². The van der Waals surface area contributed by atoms with Crippen LogP contribution in [0.25, 0.3) is 11.4 Å². The molecule has 0 saturated carbocycles. The van der Waals surface area contributed by atoms with Crippen LogP contribution in [0, 0.1) is 0 Å². The van der Waals surface area contributed by atoms with Crippen molar-refractivity contribution in [2.75, 3.05) is 6.54 Å². The zero-order chi connectivity index (χ0) is 18.4. The quantitative estimate of drug-likeness (QED) is 0.779. The molecule has 0 atom stereocenters. The van der Waals surface area contributed by atoms with E-state index in [9.17, 15) is 22.8 Å². The fourth-order valence-corrected chi connectivity index (χ4v) is 1.98. The molecule has 6 nitrogen and oxygen atoms in total. The lowest BCUT2D eigenvalue weighted by Crippen LogP contribution is -2.25. The first-order valence-electron chi connectivity index (χ1n) is 7.32. The van der Waals surface area contributed by atoms with Crippen molar-refractivity contribution in [1.82, 2.24) is 20.5 Å². The Kier molecular flexibility index (Phi) is 5.68. The van der Waals surface area contributed by atoms with E-state index in [0.29, 0.717) is 12.1 Å². The third-order valence-corrected chi connectivity index (χ3v) is 3.28. The summed E-state index contributed by atoms with van der Waals surface area (Å²) in [7, 11) is 0. The number of aromatic nitrogens is 3. The van der Waals surface area contributed by atoms with Crippen molar-refractivity contribution in [3.8, 4) is 11.4 Å². The SMILES string of the molecule is C=CCNC(=O)CCc1nnc(-c2ccc(C(F)(F)F)cc2)[nH]c1=O. The van der Waals surface area contributed by atoms with Gasteiger partial charge in [-0.2, -0.15) is 13.2 Å². The molecule has 1 heterocycles. The molecular formula is C16H15F3N4O2. The summed E-state index contributed by atoms with van der Waals surface area (Å²) in [6.07, 6.45) is -2.75. The topological polar surface area (TPSA) is 87.7 Å². The summed E-state index contributed by atoms with van der Waals surface area (Å²) in [6, 6.07) is 4.19. The van der Waals surface area contributed by atoms with Crippen molar-refractivity contribution < 1.29 is 18.0 Å². The van der Waals surface area contributed by atoms with E-state index in [2.05, 4.69) is 27.1 Å². The number of hydrogen-bond acceptors (Lipinski definition) is 4. The van der Waals surface area contributed by atoms with E-state index in [1.165, 1.54) is 18.2 Å². The molecule has 0 fully saturated rings. The molecule has 1 amide bonds. The smallest absolute Gasteiger partial charge is 0.353 e. The lowest BCUT2D eigenvalue weighted by Gasteiger charge is -2.07. The average Bonchev–Trinajstić information content (AvgIpc) is 2.58. The molecule has 2 rings (SSSR count). The molecule has 0 radical (unpaired) electrons. The van der Waals surface area contributed by atoms with Crippen LogP contribution in [-0.2, 0) is 17.4 Å². The van der Waals surface area contributed by atoms with Crippen LogP contribution in [0.1, 0.15) is 17.7 Å². The minimum absolute atomic E-state index is 0.0542. The number of hydrogen-bond donors (Lipinski definition) is 2. The molecule has 0 aliphatic carbocycles. The van der Waals surface area contributed by atoms with Gasteiger partial charge >= 0.3 is 6.18 Å². The second-order valence-corrected chi connectivity index (χ2v) is 5.12. The van der Waals surface area contributed by atoms with E-state index in [1.54, 1.807) is 0 Å². The second kappa shape index (κ2) is 7.73. The predicted molar refractivity (Wildman–Crippen MR) is 84.6 cm³/mol. The molecule has 132 valence electrons. The summed E-state index contributed by atoms with van der Waals surface area (Å²) >= 11 is 0. The van der Waals surface area contributed by atoms with E-state index in [4.69, 9.17) is 0 Å². The van der Waals surface area contributed by atoms with Gasteiger partial charge in [-0.25, -0.2) is 0 Å². The molecule has 2 aromatic rings. The van der Waals surface area contributed by atoms with Crippen molar-refractivity contribution in [2.45, 2.75) is 19.0 Å². The Morgan fingerprint density at radius 1 is 1.24 bits per heavy atom. The largest absolute Gasteiger partial charge is 0.416 e. The van der Waals surface area contributed by atoms with E-state index in [0.717, 1.165) is 12.1 Å². The van der Waals surface area contributed by atoms with Gasteiger partial charge in [0.1, 0.15) is 5.69 Å². The first-order chi connectivity index (χ1) is 11.8. The Morgan fingerprint density at radius 2 is 1.92 bits per heavy atom. The molecule has 0 aliphatic rings. The standard InChI is InChI=1S/C16H15F3N4O2/c1-2-9-20-13(24)8-7-12-15(25)21-14(23-22-12)10-3-5-11(6-4-10)16(17,18)19/h2-6H,1,7-9H2,(H,20,24)(H,21,23,25). The van der Waals surface area contributed by atoms with Gasteiger partial charge in [0.25, 0.3) is 5.56 Å². The Balaban J connectivity index is 2.10. The first kappa shape index (κ1) is 18.4. The first-order valence-corrected chi connectivity index (χ1v) is 7.32. The number of carbonyl (C=O) groups is 1. The van der Waals surface area contributed by atoms with Gasteiger partial charge in [-0.05, 0) is 12.1 Å². The van der Waals surface area contributed by atoms with Crippen LogP contribution in [0.15, 0.2) is 41.7 Å². The highest BCUT2D eigenvalue weighted by atomic mass is 19.4. The van der Waals surface area contributed by atoms with Gasteiger partial charge in [-0.3, -0.25) is 9.59 Å². The van der Waals surface area contributed by atoms with Crippen LogP contribution < -0.4 is 10.9 Å². The summed E-state index contributed by atoms with van der Waals surface area (Å²) < 4.78 is 37.6. The van der Waals surface area contributed by atoms with E-state index in [-0.39, 0.29) is 30.3 Å². The number of aromatic amines is 1. The lowest BCUT2D eigenvalue weighted by molar-refractivity contribution is -0.137. The van der Waals surface area contributed by atoms with Crippen molar-refractivity contribution >= 4 is 5.91 Å². The van der Waals surface area contributed by atoms with Gasteiger partial charge in [0.2, 0.25) is 5.91 Å². The maximum atomic E-state index is 12.5. The molecule has 0 bridgehead atoms. The second-order valence-electron chi connectivity index (χ2n) is 5.12. The van der Waals surface area contributed by atoms with Crippen molar-refractivity contribution in [1.29, 1.82) is 0 Å². The lowest BCUT2D eigenvalue weighted by atomic mass is 10.1. The highest BCUT2D eigenvalue weighted by Gasteiger charge is 2.30. The number of halogens is 3. The molecule has 1 aromatic heterocycles. The Labute approximate surface area is 140 Å². The zero-order valence-corrected chi connectivity index (χ0v) is 13.1. The molecule has 0 unspecified atom stereocenters. The highest BCUT2D eigenvalue weighted by molar-refractivity contribution is 5.76. The normalized spacial score (nSPS) is 11.2. The molecule has 25 heavy (non-hydrogen) atoms. The zero-order valence-electron chi connectivity index (χ0n) is 13.1. The van der Waals surface area contributed by atoms with Crippen LogP contribution >= 0.6 is 0 Å². The maximum Gasteiger partial charge on any atom is 0.416 e. The van der Waals surface area contributed by atoms with Crippen LogP contribution in [0.2, 0.25) is 0 Å². The number of rotatable bonds is 6.